The maximum atomic E-state index is 11.4. The molecule has 0 radical (unpaired) electrons. The van der Waals surface area contributed by atoms with Crippen molar-refractivity contribution in [1.82, 2.24) is 9.80 Å². The third kappa shape index (κ3) is 3.22. The number of nitrogens with zero attached hydrogens (tertiary/aromatic N) is 2. The monoisotopic (exact) mass is 256 g/mol. The minimum Gasteiger partial charge on any atom is -0.468 e. The van der Waals surface area contributed by atoms with E-state index in [4.69, 9.17) is 4.74 Å². The van der Waals surface area contributed by atoms with Gasteiger partial charge in [-0.2, -0.15) is 0 Å². The van der Waals surface area contributed by atoms with Gasteiger partial charge in [-0.15, -0.1) is 0 Å². The van der Waals surface area contributed by atoms with Gasteiger partial charge in [-0.3, -0.25) is 14.6 Å². The van der Waals surface area contributed by atoms with Gasteiger partial charge in [0.05, 0.1) is 20.3 Å². The normalized spacial score (nSPS) is 29.9. The number of aliphatic hydroxyl groups excluding tert-OH is 1. The number of likely N-dealkylation sites (tertiary alicyclic amines) is 2. The van der Waals surface area contributed by atoms with Crippen molar-refractivity contribution >= 4 is 5.97 Å². The number of esters is 1. The van der Waals surface area contributed by atoms with Crippen LogP contribution in [0, 0.1) is 0 Å². The van der Waals surface area contributed by atoms with Crippen LogP contribution in [0.25, 0.3) is 0 Å². The molecule has 18 heavy (non-hydrogen) atoms. The molecular weight excluding hydrogens is 232 g/mol. The van der Waals surface area contributed by atoms with E-state index in [1.54, 1.807) is 0 Å². The predicted octanol–water partition coefficient (Wildman–Crippen LogP) is 0.0805. The Hall–Kier alpha value is -0.650. The molecule has 1 N–H and O–H groups in total. The lowest BCUT2D eigenvalue weighted by molar-refractivity contribution is -0.142. The van der Waals surface area contributed by atoms with Gasteiger partial charge >= 0.3 is 5.97 Å². The second-order valence-electron chi connectivity index (χ2n) is 5.32. The molecule has 2 rings (SSSR count). The van der Waals surface area contributed by atoms with E-state index < -0.39 is 0 Å². The molecule has 0 spiro atoms. The summed E-state index contributed by atoms with van der Waals surface area (Å²) >= 11 is 0. The molecule has 0 aliphatic carbocycles. The first-order valence-corrected chi connectivity index (χ1v) is 6.90. The van der Waals surface area contributed by atoms with Crippen LogP contribution in [-0.2, 0) is 9.53 Å². The Labute approximate surface area is 109 Å². The Morgan fingerprint density at radius 3 is 2.56 bits per heavy atom. The largest absolute Gasteiger partial charge is 0.468 e. The van der Waals surface area contributed by atoms with E-state index in [1.807, 2.05) is 0 Å². The van der Waals surface area contributed by atoms with Crippen LogP contribution in [0.3, 0.4) is 0 Å². The Morgan fingerprint density at radius 2 is 1.89 bits per heavy atom. The molecule has 2 aliphatic rings. The van der Waals surface area contributed by atoms with Crippen molar-refractivity contribution in [2.75, 3.05) is 39.9 Å². The molecule has 2 atom stereocenters. The van der Waals surface area contributed by atoms with Gasteiger partial charge in [0.15, 0.2) is 0 Å². The number of aliphatic hydroxyl groups is 1. The van der Waals surface area contributed by atoms with E-state index in [1.165, 1.54) is 13.5 Å². The zero-order valence-electron chi connectivity index (χ0n) is 11.2. The molecule has 5 heteroatoms. The number of rotatable bonds is 5. The molecule has 0 amide bonds. The van der Waals surface area contributed by atoms with Crippen LogP contribution in [0.15, 0.2) is 0 Å². The van der Waals surface area contributed by atoms with Crippen molar-refractivity contribution in [1.29, 1.82) is 0 Å². The maximum absolute atomic E-state index is 11.4. The summed E-state index contributed by atoms with van der Waals surface area (Å²) < 4.78 is 4.74. The van der Waals surface area contributed by atoms with Gasteiger partial charge < -0.3 is 9.84 Å². The van der Waals surface area contributed by atoms with Crippen LogP contribution >= 0.6 is 0 Å². The molecule has 5 nitrogen and oxygen atoms in total. The van der Waals surface area contributed by atoms with Crippen molar-refractivity contribution in [3.8, 4) is 0 Å². The Morgan fingerprint density at radius 1 is 1.22 bits per heavy atom. The average Bonchev–Trinajstić information content (AvgIpc) is 2.99. The van der Waals surface area contributed by atoms with Gasteiger partial charge in [0.25, 0.3) is 0 Å². The van der Waals surface area contributed by atoms with E-state index in [0.29, 0.717) is 18.6 Å². The summed E-state index contributed by atoms with van der Waals surface area (Å²) in [5.74, 6) is -0.151. The highest BCUT2D eigenvalue weighted by Gasteiger charge is 2.31. The standard InChI is InChI=1S/C13H24N2O3/c1-18-13(17)9-15-7-2-4-11(15)8-14-6-3-5-12(14)10-16/h11-12,16H,2-10H2,1H3. The first kappa shape index (κ1) is 13.8. The first-order valence-electron chi connectivity index (χ1n) is 6.90. The van der Waals surface area contributed by atoms with Crippen molar-refractivity contribution in [2.45, 2.75) is 37.8 Å². The lowest BCUT2D eigenvalue weighted by Gasteiger charge is -2.30. The summed E-state index contributed by atoms with van der Waals surface area (Å²) in [6, 6.07) is 0.766. The zero-order chi connectivity index (χ0) is 13.0. The van der Waals surface area contributed by atoms with Gasteiger partial charge in [0, 0.05) is 18.6 Å². The van der Waals surface area contributed by atoms with Crippen molar-refractivity contribution < 1.29 is 14.6 Å². The minimum absolute atomic E-state index is 0.151. The fourth-order valence-corrected chi connectivity index (χ4v) is 3.15. The van der Waals surface area contributed by atoms with E-state index in [-0.39, 0.29) is 12.6 Å². The van der Waals surface area contributed by atoms with Crippen molar-refractivity contribution in [3.05, 3.63) is 0 Å². The molecule has 104 valence electrons. The maximum Gasteiger partial charge on any atom is 0.319 e. The summed E-state index contributed by atoms with van der Waals surface area (Å²) in [7, 11) is 1.44. The second kappa shape index (κ2) is 6.50. The van der Waals surface area contributed by atoms with Gasteiger partial charge in [0.1, 0.15) is 0 Å². The summed E-state index contributed by atoms with van der Waals surface area (Å²) in [4.78, 5) is 15.9. The number of hydrogen-bond acceptors (Lipinski definition) is 5. The Kier molecular flexibility index (Phi) is 4.97. The second-order valence-corrected chi connectivity index (χ2v) is 5.32. The molecule has 0 aromatic heterocycles. The molecular formula is C13H24N2O3. The zero-order valence-corrected chi connectivity index (χ0v) is 11.2. The molecule has 2 unspecified atom stereocenters. The summed E-state index contributed by atoms with van der Waals surface area (Å²) in [6.45, 7) is 3.69. The average molecular weight is 256 g/mol. The van der Waals surface area contributed by atoms with Crippen molar-refractivity contribution in [3.63, 3.8) is 0 Å². The number of ether oxygens (including phenoxy) is 1. The van der Waals surface area contributed by atoms with E-state index in [2.05, 4.69) is 9.80 Å². The number of methoxy groups -OCH3 is 1. The highest BCUT2D eigenvalue weighted by atomic mass is 16.5. The summed E-state index contributed by atoms with van der Waals surface area (Å²) in [6.07, 6.45) is 4.57. The van der Waals surface area contributed by atoms with Crippen LogP contribution in [-0.4, -0.2) is 72.9 Å². The van der Waals surface area contributed by atoms with Gasteiger partial charge in [-0.1, -0.05) is 0 Å². The van der Waals surface area contributed by atoms with E-state index in [9.17, 15) is 9.90 Å². The van der Waals surface area contributed by atoms with Crippen LogP contribution < -0.4 is 0 Å². The lowest BCUT2D eigenvalue weighted by atomic mass is 10.2. The molecule has 0 bridgehead atoms. The Balaban J connectivity index is 1.85. The molecule has 2 fully saturated rings. The quantitative estimate of drug-likeness (QED) is 0.706. The molecule has 2 heterocycles. The van der Waals surface area contributed by atoms with Crippen LogP contribution in [0.2, 0.25) is 0 Å². The van der Waals surface area contributed by atoms with Crippen LogP contribution in [0.5, 0.6) is 0 Å². The predicted molar refractivity (Wildman–Crippen MR) is 68.3 cm³/mol. The third-order valence-corrected chi connectivity index (χ3v) is 4.21. The minimum atomic E-state index is -0.151. The molecule has 0 saturated carbocycles. The first-order chi connectivity index (χ1) is 8.74. The Bertz CT molecular complexity index is 285. The lowest BCUT2D eigenvalue weighted by Crippen LogP contribution is -2.45. The molecule has 0 aromatic carbocycles. The van der Waals surface area contributed by atoms with E-state index >= 15 is 0 Å². The number of hydrogen-bond donors (Lipinski definition) is 1. The molecule has 2 saturated heterocycles. The van der Waals surface area contributed by atoms with Crippen LogP contribution in [0.4, 0.5) is 0 Å². The summed E-state index contributed by atoms with van der Waals surface area (Å²) in [5, 5.41) is 9.33. The highest BCUT2D eigenvalue weighted by molar-refractivity contribution is 5.71. The van der Waals surface area contributed by atoms with Crippen LogP contribution in [0.1, 0.15) is 25.7 Å². The number of carbonyl (C=O) groups is 1. The number of carbonyl (C=O) groups excluding carboxylic acids is 1. The summed E-state index contributed by atoms with van der Waals surface area (Å²) in [5.41, 5.74) is 0. The molecule has 0 aromatic rings. The fraction of sp³-hybridized carbons (Fsp3) is 0.923. The van der Waals surface area contributed by atoms with Gasteiger partial charge in [-0.05, 0) is 38.8 Å². The topological polar surface area (TPSA) is 53.0 Å². The van der Waals surface area contributed by atoms with Crippen molar-refractivity contribution in [2.24, 2.45) is 0 Å². The van der Waals surface area contributed by atoms with E-state index in [0.717, 1.165) is 38.9 Å². The highest BCUT2D eigenvalue weighted by Crippen LogP contribution is 2.23. The fourth-order valence-electron chi connectivity index (χ4n) is 3.15. The third-order valence-electron chi connectivity index (χ3n) is 4.21. The van der Waals surface area contributed by atoms with Gasteiger partial charge in [0.2, 0.25) is 0 Å². The molecule has 2 aliphatic heterocycles. The smallest absolute Gasteiger partial charge is 0.319 e. The van der Waals surface area contributed by atoms with Gasteiger partial charge in [-0.25, -0.2) is 0 Å². The SMILES string of the molecule is COC(=O)CN1CCCC1CN1CCCC1CO.